The van der Waals surface area contributed by atoms with Crippen molar-refractivity contribution in [1.29, 1.82) is 0 Å². The number of H-pyrrole nitrogens is 1. The highest BCUT2D eigenvalue weighted by Gasteiger charge is 2.35. The normalized spacial score (nSPS) is 23.6. The van der Waals surface area contributed by atoms with Gasteiger partial charge < -0.3 is 10.4 Å². The van der Waals surface area contributed by atoms with Crippen LogP contribution >= 0.6 is 0 Å². The lowest BCUT2D eigenvalue weighted by molar-refractivity contribution is 0.351. The van der Waals surface area contributed by atoms with Gasteiger partial charge in [-0.1, -0.05) is 12.6 Å². The Bertz CT molecular complexity index is 984. The molecule has 0 amide bonds. The van der Waals surface area contributed by atoms with Crippen molar-refractivity contribution in [3.63, 3.8) is 0 Å². The van der Waals surface area contributed by atoms with Crippen LogP contribution in [0, 0.1) is 5.92 Å². The van der Waals surface area contributed by atoms with Crippen molar-refractivity contribution < 1.29 is 5.11 Å². The van der Waals surface area contributed by atoms with Crippen LogP contribution in [0.1, 0.15) is 31.4 Å². The Labute approximate surface area is 163 Å². The van der Waals surface area contributed by atoms with Gasteiger partial charge in [-0.05, 0) is 67.0 Å². The first-order chi connectivity index (χ1) is 13.7. The van der Waals surface area contributed by atoms with Crippen LogP contribution in [0.3, 0.4) is 0 Å². The Morgan fingerprint density at radius 3 is 2.50 bits per heavy atom. The molecule has 0 unspecified atom stereocenters. The fourth-order valence-electron chi connectivity index (χ4n) is 4.53. The molecule has 6 heteroatoms. The summed E-state index contributed by atoms with van der Waals surface area (Å²) in [5.74, 6) is 0.649. The number of aromatic amines is 1. The molecule has 0 radical (unpaired) electrons. The zero-order valence-corrected chi connectivity index (χ0v) is 15.6. The molecule has 0 aliphatic carbocycles. The summed E-state index contributed by atoms with van der Waals surface area (Å²) in [7, 11) is 0. The summed E-state index contributed by atoms with van der Waals surface area (Å²) in [4.78, 5) is 0. The molecule has 2 fully saturated rings. The van der Waals surface area contributed by atoms with Gasteiger partial charge in [0.1, 0.15) is 5.75 Å². The van der Waals surface area contributed by atoms with E-state index in [9.17, 15) is 5.11 Å². The molecule has 4 heterocycles. The number of nitrogens with one attached hydrogen (secondary N) is 2. The molecule has 3 atom stereocenters. The van der Waals surface area contributed by atoms with Crippen molar-refractivity contribution in [3.05, 3.63) is 55.0 Å². The van der Waals surface area contributed by atoms with Gasteiger partial charge in [0.15, 0.2) is 0 Å². The van der Waals surface area contributed by atoms with Crippen molar-refractivity contribution in [2.24, 2.45) is 5.92 Å². The number of aromatic nitrogens is 4. The molecule has 2 aromatic heterocycles. The van der Waals surface area contributed by atoms with E-state index in [1.807, 2.05) is 24.3 Å². The van der Waals surface area contributed by atoms with Crippen LogP contribution in [0.5, 0.6) is 5.75 Å². The summed E-state index contributed by atoms with van der Waals surface area (Å²) >= 11 is 0. The van der Waals surface area contributed by atoms with Crippen LogP contribution in [-0.4, -0.2) is 37.6 Å². The smallest absolute Gasteiger partial charge is 0.125 e. The van der Waals surface area contributed by atoms with Crippen molar-refractivity contribution in [2.45, 2.75) is 37.8 Å². The van der Waals surface area contributed by atoms with Gasteiger partial charge >= 0.3 is 0 Å². The maximum Gasteiger partial charge on any atom is 0.125 e. The van der Waals surface area contributed by atoms with E-state index < -0.39 is 0 Å². The summed E-state index contributed by atoms with van der Waals surface area (Å²) in [6.07, 6.45) is 8.33. The van der Waals surface area contributed by atoms with Crippen LogP contribution in [0.2, 0.25) is 0 Å². The lowest BCUT2D eigenvalue weighted by Gasteiger charge is -2.30. The minimum absolute atomic E-state index is 0.175. The summed E-state index contributed by atoms with van der Waals surface area (Å²) in [6.45, 7) is 4.32. The zero-order chi connectivity index (χ0) is 19.1. The average Bonchev–Trinajstić information content (AvgIpc) is 3.37. The first-order valence-corrected chi connectivity index (χ1v) is 9.79. The van der Waals surface area contributed by atoms with Gasteiger partial charge in [0, 0.05) is 29.4 Å². The van der Waals surface area contributed by atoms with Crippen LogP contribution < -0.4 is 5.32 Å². The summed E-state index contributed by atoms with van der Waals surface area (Å²) in [5, 5.41) is 29.6. The number of fused-ring (bicyclic) bond motifs is 2. The average molecular weight is 373 g/mol. The van der Waals surface area contributed by atoms with E-state index in [0.717, 1.165) is 35.2 Å². The second-order valence-electron chi connectivity index (χ2n) is 7.85. The quantitative estimate of drug-likeness (QED) is 0.648. The van der Waals surface area contributed by atoms with Crippen LogP contribution in [-0.2, 0) is 0 Å². The molecular formula is C22H23N5O. The van der Waals surface area contributed by atoms with Gasteiger partial charge in [0.25, 0.3) is 0 Å². The van der Waals surface area contributed by atoms with E-state index in [-0.39, 0.29) is 5.75 Å². The lowest BCUT2D eigenvalue weighted by Crippen LogP contribution is -2.38. The number of hydrogen-bond acceptors (Lipinski definition) is 5. The number of aromatic hydroxyl groups is 1. The van der Waals surface area contributed by atoms with Gasteiger partial charge in [-0.25, -0.2) is 0 Å². The lowest BCUT2D eigenvalue weighted by atomic mass is 9.85. The molecule has 2 bridgehead atoms. The largest absolute Gasteiger partial charge is 0.507 e. The first-order valence-electron chi connectivity index (χ1n) is 9.79. The van der Waals surface area contributed by atoms with Crippen molar-refractivity contribution in [2.75, 3.05) is 0 Å². The van der Waals surface area contributed by atoms with Crippen molar-refractivity contribution in [1.82, 2.24) is 25.7 Å². The highest BCUT2D eigenvalue weighted by Crippen LogP contribution is 2.38. The van der Waals surface area contributed by atoms with Crippen LogP contribution in [0.25, 0.3) is 28.0 Å². The third-order valence-electron chi connectivity index (χ3n) is 6.06. The second kappa shape index (κ2) is 6.87. The molecule has 3 N–H and O–H groups in total. The van der Waals surface area contributed by atoms with E-state index >= 15 is 0 Å². The van der Waals surface area contributed by atoms with Crippen LogP contribution in [0.4, 0.5) is 0 Å². The van der Waals surface area contributed by atoms with Gasteiger partial charge in [-0.3, -0.25) is 5.10 Å². The molecule has 142 valence electrons. The molecule has 2 saturated heterocycles. The van der Waals surface area contributed by atoms with Crippen molar-refractivity contribution >= 4 is 5.57 Å². The minimum Gasteiger partial charge on any atom is -0.507 e. The predicted molar refractivity (Wildman–Crippen MR) is 108 cm³/mol. The molecule has 28 heavy (non-hydrogen) atoms. The van der Waals surface area contributed by atoms with Gasteiger partial charge in [0.05, 0.1) is 17.6 Å². The minimum atomic E-state index is 0.175. The maximum absolute atomic E-state index is 10.5. The SMILES string of the molecule is C=C(c1ccc(-c2ccc(-c3cn[nH]c3)cc2O)nn1)[C@H]1C[C@H]2CC[C@@H](C1)N2. The molecule has 0 spiro atoms. The standard InChI is InChI=1S/C22H23N5O/c1-13(15-8-17-3-4-18(9-15)25-17)20-6-7-21(27-26-20)19-5-2-14(10-22(19)28)16-11-23-24-12-16/h2,5-7,10-12,15,17-18,25,28H,1,3-4,8-9H2,(H,23,24)/t15-,17+,18-. The summed E-state index contributed by atoms with van der Waals surface area (Å²) < 4.78 is 0. The molecule has 3 aromatic rings. The number of nitrogens with zero attached hydrogens (tertiary/aromatic N) is 3. The van der Waals surface area contributed by atoms with E-state index in [1.54, 1.807) is 18.5 Å². The van der Waals surface area contributed by atoms with Gasteiger partial charge in [-0.15, -0.1) is 5.10 Å². The zero-order valence-electron chi connectivity index (χ0n) is 15.6. The summed E-state index contributed by atoms with van der Waals surface area (Å²) in [5.41, 5.74) is 5.07. The van der Waals surface area contributed by atoms with E-state index in [1.165, 1.54) is 12.8 Å². The predicted octanol–water partition coefficient (Wildman–Crippen LogP) is 3.78. The molecule has 2 aliphatic heterocycles. The van der Waals surface area contributed by atoms with E-state index in [2.05, 4.69) is 32.3 Å². The highest BCUT2D eigenvalue weighted by molar-refractivity contribution is 5.74. The number of benzene rings is 1. The third-order valence-corrected chi connectivity index (χ3v) is 6.06. The first kappa shape index (κ1) is 17.1. The number of rotatable bonds is 4. The fourth-order valence-corrected chi connectivity index (χ4v) is 4.53. The van der Waals surface area contributed by atoms with Crippen molar-refractivity contribution in [3.8, 4) is 28.1 Å². The van der Waals surface area contributed by atoms with Gasteiger partial charge in [0.2, 0.25) is 0 Å². The number of phenols is 1. The Morgan fingerprint density at radius 2 is 1.86 bits per heavy atom. The fraction of sp³-hybridized carbons (Fsp3) is 0.318. The van der Waals surface area contributed by atoms with E-state index in [0.29, 0.717) is 29.3 Å². The molecule has 0 saturated carbocycles. The Hall–Kier alpha value is -2.99. The monoisotopic (exact) mass is 373 g/mol. The molecule has 1 aromatic carbocycles. The molecule has 5 rings (SSSR count). The molecule has 2 aliphatic rings. The number of piperidine rings is 1. The summed E-state index contributed by atoms with van der Waals surface area (Å²) in [6, 6.07) is 10.7. The number of phenolic OH excluding ortho intramolecular Hbond substituents is 1. The molecular weight excluding hydrogens is 350 g/mol. The maximum atomic E-state index is 10.5. The highest BCUT2D eigenvalue weighted by atomic mass is 16.3. The van der Waals surface area contributed by atoms with E-state index in [4.69, 9.17) is 0 Å². The Balaban J connectivity index is 1.36. The number of allylic oxidation sites excluding steroid dienone is 1. The molecule has 6 nitrogen and oxygen atoms in total. The topological polar surface area (TPSA) is 86.7 Å². The third kappa shape index (κ3) is 3.10. The van der Waals surface area contributed by atoms with Crippen LogP contribution in [0.15, 0.2) is 49.3 Å². The van der Waals surface area contributed by atoms with Gasteiger partial charge in [-0.2, -0.15) is 10.2 Å². The Kier molecular flexibility index (Phi) is 4.20. The number of hydrogen-bond donors (Lipinski definition) is 3. The Morgan fingerprint density at radius 1 is 1.04 bits per heavy atom. The second-order valence-corrected chi connectivity index (χ2v) is 7.85.